The molecule has 1 aliphatic carbocycles. The van der Waals surface area contributed by atoms with Crippen LogP contribution in [0.1, 0.15) is 38.4 Å². The quantitative estimate of drug-likeness (QED) is 0.534. The van der Waals surface area contributed by atoms with E-state index in [0.717, 1.165) is 24.1 Å². The van der Waals surface area contributed by atoms with Crippen LogP contribution in [0.25, 0.3) is 0 Å². The summed E-state index contributed by atoms with van der Waals surface area (Å²) in [6, 6.07) is 17.8. The van der Waals surface area contributed by atoms with Crippen LogP contribution in [0.4, 0.5) is 11.4 Å². The number of carbonyl (C=O) groups excluding carboxylic acids is 3. The van der Waals surface area contributed by atoms with Gasteiger partial charge in [0, 0.05) is 29.4 Å². The molecule has 7 heteroatoms. The van der Waals surface area contributed by atoms with Crippen LogP contribution in [0.2, 0.25) is 0 Å². The Balaban J connectivity index is 1.27. The Kier molecular flexibility index (Phi) is 5.90. The summed E-state index contributed by atoms with van der Waals surface area (Å²) in [4.78, 5) is 36.9. The number of thiophene rings is 1. The SMILES string of the molecule is O=C(NCc1ccc(NC(=O)C2CC2)cc1)c1ccc(NC(=O)c2cccs2)cc1. The highest BCUT2D eigenvalue weighted by Crippen LogP contribution is 2.30. The Labute approximate surface area is 178 Å². The van der Waals surface area contributed by atoms with Crippen molar-refractivity contribution in [1.29, 1.82) is 0 Å². The molecule has 1 aromatic heterocycles. The average molecular weight is 420 g/mol. The van der Waals surface area contributed by atoms with E-state index < -0.39 is 0 Å². The monoisotopic (exact) mass is 419 g/mol. The number of anilines is 2. The molecule has 3 amide bonds. The van der Waals surface area contributed by atoms with E-state index in [1.807, 2.05) is 35.7 Å². The largest absolute Gasteiger partial charge is 0.348 e. The van der Waals surface area contributed by atoms with Gasteiger partial charge in [-0.05, 0) is 66.2 Å². The number of hydrogen-bond donors (Lipinski definition) is 3. The lowest BCUT2D eigenvalue weighted by Gasteiger charge is -2.09. The first-order valence-electron chi connectivity index (χ1n) is 9.71. The van der Waals surface area contributed by atoms with Gasteiger partial charge < -0.3 is 16.0 Å². The van der Waals surface area contributed by atoms with E-state index in [2.05, 4.69) is 16.0 Å². The minimum Gasteiger partial charge on any atom is -0.348 e. The van der Waals surface area contributed by atoms with Crippen molar-refractivity contribution in [2.45, 2.75) is 19.4 Å². The van der Waals surface area contributed by atoms with Gasteiger partial charge in [-0.2, -0.15) is 0 Å². The zero-order valence-electron chi connectivity index (χ0n) is 16.2. The number of amides is 3. The maximum Gasteiger partial charge on any atom is 0.265 e. The number of benzene rings is 2. The average Bonchev–Trinajstić information content (AvgIpc) is 3.47. The van der Waals surface area contributed by atoms with Gasteiger partial charge in [0.1, 0.15) is 0 Å². The Bertz CT molecular complexity index is 1040. The number of hydrogen-bond acceptors (Lipinski definition) is 4. The molecule has 0 unspecified atom stereocenters. The Hall–Kier alpha value is -3.45. The van der Waals surface area contributed by atoms with Crippen molar-refractivity contribution in [1.82, 2.24) is 5.32 Å². The van der Waals surface area contributed by atoms with Gasteiger partial charge in [0.15, 0.2) is 0 Å². The Morgan fingerprint density at radius 2 is 1.50 bits per heavy atom. The fourth-order valence-electron chi connectivity index (χ4n) is 2.89. The highest BCUT2D eigenvalue weighted by Gasteiger charge is 2.29. The third-order valence-corrected chi connectivity index (χ3v) is 5.64. The first-order chi connectivity index (χ1) is 14.6. The lowest BCUT2D eigenvalue weighted by Crippen LogP contribution is -2.22. The number of nitrogens with one attached hydrogen (secondary N) is 3. The summed E-state index contributed by atoms with van der Waals surface area (Å²) in [7, 11) is 0. The summed E-state index contributed by atoms with van der Waals surface area (Å²) in [6.45, 7) is 0.381. The molecule has 2 aromatic carbocycles. The van der Waals surface area contributed by atoms with Crippen LogP contribution >= 0.6 is 11.3 Å². The Morgan fingerprint density at radius 1 is 0.833 bits per heavy atom. The molecule has 152 valence electrons. The predicted octanol–water partition coefficient (Wildman–Crippen LogP) is 4.28. The number of rotatable bonds is 7. The normalized spacial score (nSPS) is 12.8. The van der Waals surface area contributed by atoms with Crippen molar-refractivity contribution in [3.05, 3.63) is 82.0 Å². The predicted molar refractivity (Wildman–Crippen MR) is 118 cm³/mol. The Morgan fingerprint density at radius 3 is 2.13 bits per heavy atom. The maximum atomic E-state index is 12.4. The van der Waals surface area contributed by atoms with Crippen LogP contribution < -0.4 is 16.0 Å². The molecular weight excluding hydrogens is 398 g/mol. The van der Waals surface area contributed by atoms with E-state index in [0.29, 0.717) is 22.7 Å². The summed E-state index contributed by atoms with van der Waals surface area (Å²) in [5, 5.41) is 10.4. The van der Waals surface area contributed by atoms with Crippen LogP contribution in [0, 0.1) is 5.92 Å². The third-order valence-electron chi connectivity index (χ3n) is 4.77. The fraction of sp³-hybridized carbons (Fsp3) is 0.174. The van der Waals surface area contributed by atoms with Gasteiger partial charge in [-0.25, -0.2) is 0 Å². The van der Waals surface area contributed by atoms with Crippen LogP contribution in [0.3, 0.4) is 0 Å². The molecule has 3 N–H and O–H groups in total. The van der Waals surface area contributed by atoms with Gasteiger partial charge >= 0.3 is 0 Å². The second kappa shape index (κ2) is 8.92. The van der Waals surface area contributed by atoms with Gasteiger partial charge in [-0.3, -0.25) is 14.4 Å². The number of carbonyl (C=O) groups is 3. The summed E-state index contributed by atoms with van der Waals surface area (Å²) in [5.74, 6) is -0.123. The van der Waals surface area contributed by atoms with Gasteiger partial charge in [0.05, 0.1) is 4.88 Å². The molecule has 0 radical (unpaired) electrons. The van der Waals surface area contributed by atoms with Crippen molar-refractivity contribution >= 4 is 40.4 Å². The molecular formula is C23H21N3O3S. The highest BCUT2D eigenvalue weighted by atomic mass is 32.1. The second-order valence-corrected chi connectivity index (χ2v) is 8.10. The molecule has 0 aliphatic heterocycles. The van der Waals surface area contributed by atoms with E-state index in [4.69, 9.17) is 0 Å². The van der Waals surface area contributed by atoms with Crippen molar-refractivity contribution in [2.24, 2.45) is 5.92 Å². The van der Waals surface area contributed by atoms with Crippen molar-refractivity contribution < 1.29 is 14.4 Å². The summed E-state index contributed by atoms with van der Waals surface area (Å²) in [6.07, 6.45) is 1.94. The molecule has 4 rings (SSSR count). The van der Waals surface area contributed by atoms with E-state index in [1.165, 1.54) is 11.3 Å². The lowest BCUT2D eigenvalue weighted by molar-refractivity contribution is -0.117. The molecule has 0 bridgehead atoms. The van der Waals surface area contributed by atoms with Gasteiger partial charge in [0.2, 0.25) is 5.91 Å². The van der Waals surface area contributed by atoms with E-state index >= 15 is 0 Å². The standard InChI is InChI=1S/C23H21N3O3S/c27-21(16-7-11-19(12-8-16)26-23(29)20-2-1-13-30-20)24-14-15-3-9-18(10-4-15)25-22(28)17-5-6-17/h1-4,7-13,17H,5-6,14H2,(H,24,27)(H,25,28)(H,26,29). The maximum absolute atomic E-state index is 12.4. The van der Waals surface area contributed by atoms with E-state index in [9.17, 15) is 14.4 Å². The zero-order valence-corrected chi connectivity index (χ0v) is 17.0. The molecule has 30 heavy (non-hydrogen) atoms. The first kappa shape index (κ1) is 19.8. The topological polar surface area (TPSA) is 87.3 Å². The van der Waals surface area contributed by atoms with Crippen LogP contribution in [0.15, 0.2) is 66.0 Å². The van der Waals surface area contributed by atoms with Gasteiger partial charge in [-0.1, -0.05) is 18.2 Å². The van der Waals surface area contributed by atoms with Gasteiger partial charge in [-0.15, -0.1) is 11.3 Å². The third kappa shape index (κ3) is 5.12. The van der Waals surface area contributed by atoms with Crippen molar-refractivity contribution in [3.63, 3.8) is 0 Å². The smallest absolute Gasteiger partial charge is 0.265 e. The molecule has 0 spiro atoms. The summed E-state index contributed by atoms with van der Waals surface area (Å²) >= 11 is 1.37. The molecule has 1 saturated carbocycles. The lowest BCUT2D eigenvalue weighted by atomic mass is 10.1. The molecule has 1 heterocycles. The minimum atomic E-state index is -0.197. The summed E-state index contributed by atoms with van der Waals surface area (Å²) < 4.78 is 0. The minimum absolute atomic E-state index is 0.0751. The highest BCUT2D eigenvalue weighted by molar-refractivity contribution is 7.12. The van der Waals surface area contributed by atoms with Crippen LogP contribution in [-0.4, -0.2) is 17.7 Å². The molecule has 3 aromatic rings. The molecule has 0 saturated heterocycles. The fourth-order valence-corrected chi connectivity index (χ4v) is 3.50. The summed E-state index contributed by atoms with van der Waals surface area (Å²) in [5.41, 5.74) is 2.85. The van der Waals surface area contributed by atoms with Gasteiger partial charge in [0.25, 0.3) is 11.8 Å². The zero-order chi connectivity index (χ0) is 20.9. The van der Waals surface area contributed by atoms with E-state index in [1.54, 1.807) is 30.3 Å². The van der Waals surface area contributed by atoms with E-state index in [-0.39, 0.29) is 23.6 Å². The molecule has 0 atom stereocenters. The first-order valence-corrected chi connectivity index (χ1v) is 10.6. The molecule has 1 aliphatic rings. The van der Waals surface area contributed by atoms with Crippen molar-refractivity contribution in [3.8, 4) is 0 Å². The van der Waals surface area contributed by atoms with Crippen LogP contribution in [0.5, 0.6) is 0 Å². The molecule has 6 nitrogen and oxygen atoms in total. The second-order valence-electron chi connectivity index (χ2n) is 7.15. The van der Waals surface area contributed by atoms with Crippen LogP contribution in [-0.2, 0) is 11.3 Å². The molecule has 1 fully saturated rings. The van der Waals surface area contributed by atoms with Crippen molar-refractivity contribution in [2.75, 3.05) is 10.6 Å².